The highest BCUT2D eigenvalue weighted by Crippen LogP contribution is 2.35. The molecule has 2 aliphatic heterocycles. The summed E-state index contributed by atoms with van der Waals surface area (Å²) in [5.74, 6) is 0.741. The zero-order chi connectivity index (χ0) is 14.4. The van der Waals surface area contributed by atoms with Gasteiger partial charge in [-0.15, -0.1) is 0 Å². The molecule has 6 nitrogen and oxygen atoms in total. The lowest BCUT2D eigenvalue weighted by atomic mass is 9.84. The largest absolute Gasteiger partial charge is 0.397 e. The smallest absolute Gasteiger partial charge is 0.160 e. The lowest BCUT2D eigenvalue weighted by molar-refractivity contribution is 0.102. The third kappa shape index (κ3) is 2.05. The Hall–Kier alpha value is -1.82. The van der Waals surface area contributed by atoms with Crippen molar-refractivity contribution in [2.75, 3.05) is 37.3 Å². The molecule has 21 heavy (non-hydrogen) atoms. The Morgan fingerprint density at radius 1 is 1.19 bits per heavy atom. The minimum absolute atomic E-state index is 0.627. The van der Waals surface area contributed by atoms with Crippen molar-refractivity contribution in [1.82, 2.24) is 15.2 Å². The van der Waals surface area contributed by atoms with Crippen molar-refractivity contribution in [3.63, 3.8) is 0 Å². The summed E-state index contributed by atoms with van der Waals surface area (Å²) in [5.41, 5.74) is 9.13. The predicted molar refractivity (Wildman–Crippen MR) is 82.2 cm³/mol. The van der Waals surface area contributed by atoms with E-state index in [2.05, 4.69) is 33.2 Å². The Balaban J connectivity index is 1.64. The Bertz CT molecular complexity index is 655. The molecule has 0 aliphatic carbocycles. The fourth-order valence-corrected chi connectivity index (χ4v) is 4.00. The van der Waals surface area contributed by atoms with Crippen LogP contribution in [-0.4, -0.2) is 47.9 Å². The summed E-state index contributed by atoms with van der Waals surface area (Å²) in [6.07, 6.45) is 3.83. The van der Waals surface area contributed by atoms with E-state index in [1.807, 2.05) is 6.07 Å². The number of fused-ring (bicyclic) bond motifs is 2. The quantitative estimate of drug-likeness (QED) is 0.805. The van der Waals surface area contributed by atoms with Crippen molar-refractivity contribution in [2.24, 2.45) is 5.92 Å². The molecule has 2 fully saturated rings. The van der Waals surface area contributed by atoms with Gasteiger partial charge in [-0.2, -0.15) is 0 Å². The maximum Gasteiger partial charge on any atom is 0.160 e. The van der Waals surface area contributed by atoms with Crippen molar-refractivity contribution in [3.8, 4) is 0 Å². The molecule has 0 spiro atoms. The first-order chi connectivity index (χ1) is 10.2. The van der Waals surface area contributed by atoms with Crippen LogP contribution >= 0.6 is 0 Å². The lowest BCUT2D eigenvalue weighted by Crippen LogP contribution is -2.52. The number of hydrogen-bond donors (Lipinski definition) is 1. The first-order valence-corrected chi connectivity index (χ1v) is 7.70. The van der Waals surface area contributed by atoms with Gasteiger partial charge in [-0.3, -0.25) is 0 Å². The van der Waals surface area contributed by atoms with Crippen molar-refractivity contribution in [3.05, 3.63) is 12.1 Å². The van der Waals surface area contributed by atoms with Gasteiger partial charge in [-0.05, 0) is 61.2 Å². The van der Waals surface area contributed by atoms with Gasteiger partial charge in [0.1, 0.15) is 0 Å². The molecule has 1 aromatic carbocycles. The van der Waals surface area contributed by atoms with Gasteiger partial charge in [-0.25, -0.2) is 4.63 Å². The number of benzene rings is 1. The number of hydrogen-bond acceptors (Lipinski definition) is 6. The van der Waals surface area contributed by atoms with E-state index >= 15 is 0 Å². The van der Waals surface area contributed by atoms with E-state index in [4.69, 9.17) is 10.4 Å². The first-order valence-electron chi connectivity index (χ1n) is 7.70. The molecule has 112 valence electrons. The summed E-state index contributed by atoms with van der Waals surface area (Å²) in [6, 6.07) is 4.69. The second-order valence-corrected chi connectivity index (χ2v) is 6.32. The molecule has 0 amide bonds. The number of likely N-dealkylation sites (tertiary alicyclic amines) is 1. The molecular formula is C15H21N5O. The van der Waals surface area contributed by atoms with Crippen LogP contribution < -0.4 is 10.6 Å². The molecule has 1 aromatic heterocycles. The summed E-state index contributed by atoms with van der Waals surface area (Å²) in [5, 5.41) is 7.98. The van der Waals surface area contributed by atoms with E-state index in [0.717, 1.165) is 36.3 Å². The van der Waals surface area contributed by atoms with Crippen LogP contribution in [0, 0.1) is 5.92 Å². The van der Waals surface area contributed by atoms with Gasteiger partial charge in [0.05, 0.1) is 11.4 Å². The van der Waals surface area contributed by atoms with E-state index in [1.54, 1.807) is 0 Å². The van der Waals surface area contributed by atoms with Crippen LogP contribution in [0.25, 0.3) is 11.0 Å². The lowest BCUT2D eigenvalue weighted by Gasteiger charge is -2.46. The van der Waals surface area contributed by atoms with Gasteiger partial charge in [-0.1, -0.05) is 0 Å². The number of rotatable bonds is 1. The van der Waals surface area contributed by atoms with Crippen molar-refractivity contribution >= 4 is 22.4 Å². The average Bonchev–Trinajstić information content (AvgIpc) is 2.98. The summed E-state index contributed by atoms with van der Waals surface area (Å²) in [4.78, 5) is 4.95. The molecule has 0 radical (unpaired) electrons. The van der Waals surface area contributed by atoms with Gasteiger partial charge in [0.15, 0.2) is 11.0 Å². The molecule has 2 aromatic rings. The van der Waals surface area contributed by atoms with Gasteiger partial charge in [0, 0.05) is 19.1 Å². The number of anilines is 2. The van der Waals surface area contributed by atoms with Crippen LogP contribution in [0.1, 0.15) is 19.3 Å². The SMILES string of the molecule is CN1CCCC2CN(c3ccc(N)c4nonc34)CCC21. The molecule has 2 aliphatic rings. The van der Waals surface area contributed by atoms with Crippen LogP contribution in [0.15, 0.2) is 16.8 Å². The normalized spacial score (nSPS) is 27.0. The minimum atomic E-state index is 0.627. The third-order valence-electron chi connectivity index (χ3n) is 5.11. The Labute approximate surface area is 123 Å². The Morgan fingerprint density at radius 3 is 2.95 bits per heavy atom. The highest BCUT2D eigenvalue weighted by molar-refractivity contribution is 5.95. The predicted octanol–water partition coefficient (Wildman–Crippen LogP) is 1.73. The molecule has 2 unspecified atom stereocenters. The van der Waals surface area contributed by atoms with Crippen LogP contribution in [0.2, 0.25) is 0 Å². The average molecular weight is 287 g/mol. The Morgan fingerprint density at radius 2 is 2.05 bits per heavy atom. The van der Waals surface area contributed by atoms with Crippen LogP contribution in [0.4, 0.5) is 11.4 Å². The van der Waals surface area contributed by atoms with Gasteiger partial charge < -0.3 is 15.5 Å². The van der Waals surface area contributed by atoms with Crippen LogP contribution in [-0.2, 0) is 0 Å². The molecular weight excluding hydrogens is 266 g/mol. The van der Waals surface area contributed by atoms with Gasteiger partial charge >= 0.3 is 0 Å². The number of piperidine rings is 2. The monoisotopic (exact) mass is 287 g/mol. The Kier molecular flexibility index (Phi) is 2.99. The molecule has 2 atom stereocenters. The van der Waals surface area contributed by atoms with Crippen molar-refractivity contribution in [1.29, 1.82) is 0 Å². The van der Waals surface area contributed by atoms with Gasteiger partial charge in [0.2, 0.25) is 0 Å². The van der Waals surface area contributed by atoms with Crippen LogP contribution in [0.5, 0.6) is 0 Å². The van der Waals surface area contributed by atoms with Gasteiger partial charge in [0.25, 0.3) is 0 Å². The van der Waals surface area contributed by atoms with E-state index in [-0.39, 0.29) is 0 Å². The maximum absolute atomic E-state index is 5.94. The maximum atomic E-state index is 5.94. The fraction of sp³-hybridized carbons (Fsp3) is 0.600. The molecule has 0 bridgehead atoms. The number of nitrogens with zero attached hydrogens (tertiary/aromatic N) is 4. The second-order valence-electron chi connectivity index (χ2n) is 6.32. The van der Waals surface area contributed by atoms with Crippen molar-refractivity contribution in [2.45, 2.75) is 25.3 Å². The van der Waals surface area contributed by atoms with Crippen molar-refractivity contribution < 1.29 is 4.63 Å². The third-order valence-corrected chi connectivity index (χ3v) is 5.11. The standard InChI is InChI=1S/C15H21N5O/c1-19-7-2-3-10-9-20(8-6-12(10)19)13-5-4-11(16)14-15(13)18-21-17-14/h4-5,10,12H,2-3,6-9,16H2,1H3. The molecule has 6 heteroatoms. The summed E-state index contributed by atoms with van der Waals surface area (Å²) in [7, 11) is 2.26. The van der Waals surface area contributed by atoms with E-state index in [1.165, 1.54) is 25.8 Å². The fourth-order valence-electron chi connectivity index (χ4n) is 4.00. The molecule has 4 rings (SSSR count). The molecule has 2 saturated heterocycles. The van der Waals surface area contributed by atoms with E-state index < -0.39 is 0 Å². The molecule has 2 N–H and O–H groups in total. The topological polar surface area (TPSA) is 71.4 Å². The minimum Gasteiger partial charge on any atom is -0.397 e. The first kappa shape index (κ1) is 12.9. The zero-order valence-corrected chi connectivity index (χ0v) is 12.3. The summed E-state index contributed by atoms with van der Waals surface area (Å²) < 4.78 is 4.89. The number of nitrogens with two attached hydrogens (primary N) is 1. The highest BCUT2D eigenvalue weighted by Gasteiger charge is 2.35. The number of aromatic nitrogens is 2. The highest BCUT2D eigenvalue weighted by atomic mass is 16.6. The summed E-state index contributed by atoms with van der Waals surface area (Å²) >= 11 is 0. The zero-order valence-electron chi connectivity index (χ0n) is 12.3. The second kappa shape index (κ2) is 4.87. The summed E-state index contributed by atoms with van der Waals surface area (Å²) in [6.45, 7) is 3.37. The molecule has 3 heterocycles. The van der Waals surface area contributed by atoms with E-state index in [0.29, 0.717) is 11.2 Å². The number of nitrogen functional groups attached to an aromatic ring is 1. The molecule has 0 saturated carbocycles. The van der Waals surface area contributed by atoms with Crippen LogP contribution in [0.3, 0.4) is 0 Å². The van der Waals surface area contributed by atoms with E-state index in [9.17, 15) is 0 Å².